The van der Waals surface area contributed by atoms with Gasteiger partial charge in [-0.15, -0.1) is 11.3 Å². The van der Waals surface area contributed by atoms with E-state index in [0.29, 0.717) is 11.3 Å². The molecule has 2 atom stereocenters. The zero-order valence-electron chi connectivity index (χ0n) is 10.6. The van der Waals surface area contributed by atoms with Gasteiger partial charge in [0.05, 0.1) is 0 Å². The van der Waals surface area contributed by atoms with Crippen molar-refractivity contribution in [3.63, 3.8) is 0 Å². The van der Waals surface area contributed by atoms with Crippen LogP contribution in [0.2, 0.25) is 0 Å². The van der Waals surface area contributed by atoms with Crippen molar-refractivity contribution in [2.24, 2.45) is 0 Å². The van der Waals surface area contributed by atoms with E-state index in [0.717, 1.165) is 22.2 Å². The number of aryl methyl sites for hydroxylation is 1. The quantitative estimate of drug-likeness (QED) is 0.870. The van der Waals surface area contributed by atoms with Gasteiger partial charge in [0.1, 0.15) is 0 Å². The molecule has 1 heterocycles. The molecule has 18 heavy (non-hydrogen) atoms. The lowest BCUT2D eigenvalue weighted by Crippen LogP contribution is -2.26. The van der Waals surface area contributed by atoms with Gasteiger partial charge in [0.25, 0.3) is 0 Å². The first-order chi connectivity index (χ1) is 8.61. The van der Waals surface area contributed by atoms with Crippen molar-refractivity contribution < 1.29 is 9.90 Å². The van der Waals surface area contributed by atoms with Crippen LogP contribution < -0.4 is 5.32 Å². The number of aromatic nitrogens is 1. The molecule has 0 bridgehead atoms. The van der Waals surface area contributed by atoms with E-state index < -0.39 is 5.97 Å². The van der Waals surface area contributed by atoms with E-state index in [9.17, 15) is 4.79 Å². The average molecular weight is 286 g/mol. The molecule has 4 nitrogen and oxygen atoms in total. The van der Waals surface area contributed by atoms with Crippen LogP contribution in [0.4, 0.5) is 5.13 Å². The Morgan fingerprint density at radius 1 is 1.61 bits per heavy atom. The molecule has 2 unspecified atom stereocenters. The minimum atomic E-state index is -0.942. The van der Waals surface area contributed by atoms with Gasteiger partial charge in [0.15, 0.2) is 10.8 Å². The summed E-state index contributed by atoms with van der Waals surface area (Å²) >= 11 is 3.42. The Labute approximate surface area is 115 Å². The van der Waals surface area contributed by atoms with Crippen LogP contribution in [-0.4, -0.2) is 33.1 Å². The molecule has 0 spiro atoms. The molecule has 1 saturated carbocycles. The zero-order valence-corrected chi connectivity index (χ0v) is 12.2. The Bertz CT molecular complexity index is 434. The van der Waals surface area contributed by atoms with Crippen LogP contribution >= 0.6 is 23.1 Å². The lowest BCUT2D eigenvalue weighted by molar-refractivity contribution is 0.0690. The fourth-order valence-electron chi connectivity index (χ4n) is 2.32. The van der Waals surface area contributed by atoms with Crippen LogP contribution in [0.15, 0.2) is 0 Å². The van der Waals surface area contributed by atoms with Crippen LogP contribution in [0, 0.1) is 6.92 Å². The first kappa shape index (κ1) is 13.7. The molecule has 1 aliphatic carbocycles. The van der Waals surface area contributed by atoms with Gasteiger partial charge in [-0.25, -0.2) is 9.78 Å². The second kappa shape index (κ2) is 5.93. The highest BCUT2D eigenvalue weighted by atomic mass is 32.2. The van der Waals surface area contributed by atoms with Crippen molar-refractivity contribution in [2.75, 3.05) is 11.1 Å². The van der Waals surface area contributed by atoms with E-state index in [2.05, 4.69) is 17.2 Å². The van der Waals surface area contributed by atoms with E-state index >= 15 is 0 Å². The standard InChI is InChI=1S/C12H18N2O2S2/c1-3-17-9-6-4-5-8(9)13-12-14-10(11(15)16)7(2)18-12/h8-9H,3-6H2,1-2H3,(H,13,14)(H,15,16). The Morgan fingerprint density at radius 3 is 3.00 bits per heavy atom. The van der Waals surface area contributed by atoms with Gasteiger partial charge >= 0.3 is 5.97 Å². The smallest absolute Gasteiger partial charge is 0.355 e. The number of carboxylic acid groups (broad SMARTS) is 1. The predicted octanol–water partition coefficient (Wildman–Crippen LogP) is 3.24. The number of aromatic carboxylic acids is 1. The summed E-state index contributed by atoms with van der Waals surface area (Å²) in [4.78, 5) is 15.9. The molecular formula is C12H18N2O2S2. The Morgan fingerprint density at radius 2 is 2.39 bits per heavy atom. The number of anilines is 1. The number of rotatable bonds is 5. The fraction of sp³-hybridized carbons (Fsp3) is 0.667. The van der Waals surface area contributed by atoms with E-state index in [1.165, 1.54) is 24.2 Å². The topological polar surface area (TPSA) is 62.2 Å². The molecule has 1 aromatic rings. The third-order valence-corrected chi connectivity index (χ3v) is 5.37. The van der Waals surface area contributed by atoms with Gasteiger partial charge in [-0.1, -0.05) is 13.3 Å². The second-order valence-corrected chi connectivity index (χ2v) is 7.12. The molecule has 2 N–H and O–H groups in total. The number of nitrogens with zero attached hydrogens (tertiary/aromatic N) is 1. The van der Waals surface area contributed by atoms with Crippen molar-refractivity contribution in [1.29, 1.82) is 0 Å². The molecule has 0 aliphatic heterocycles. The van der Waals surface area contributed by atoms with Crippen molar-refractivity contribution in [3.8, 4) is 0 Å². The summed E-state index contributed by atoms with van der Waals surface area (Å²) in [5, 5.41) is 13.8. The first-order valence-electron chi connectivity index (χ1n) is 6.20. The van der Waals surface area contributed by atoms with E-state index in [1.54, 1.807) is 6.92 Å². The number of carboxylic acids is 1. The van der Waals surface area contributed by atoms with Gasteiger partial charge in [-0.2, -0.15) is 11.8 Å². The molecule has 6 heteroatoms. The van der Waals surface area contributed by atoms with Gasteiger partial charge in [-0.05, 0) is 25.5 Å². The molecule has 1 aliphatic rings. The van der Waals surface area contributed by atoms with Gasteiger partial charge in [0, 0.05) is 16.2 Å². The number of thioether (sulfide) groups is 1. The minimum absolute atomic E-state index is 0.181. The highest BCUT2D eigenvalue weighted by Gasteiger charge is 2.28. The maximum Gasteiger partial charge on any atom is 0.355 e. The van der Waals surface area contributed by atoms with E-state index in [1.807, 2.05) is 11.8 Å². The molecular weight excluding hydrogens is 268 g/mol. The van der Waals surface area contributed by atoms with Crippen molar-refractivity contribution in [3.05, 3.63) is 10.6 Å². The highest BCUT2D eigenvalue weighted by molar-refractivity contribution is 7.99. The molecule has 0 amide bonds. The van der Waals surface area contributed by atoms with E-state index in [4.69, 9.17) is 5.11 Å². The molecule has 2 rings (SSSR count). The van der Waals surface area contributed by atoms with Gasteiger partial charge in [-0.3, -0.25) is 0 Å². The number of nitrogens with one attached hydrogen (secondary N) is 1. The summed E-state index contributed by atoms with van der Waals surface area (Å²) in [5.74, 6) is 0.183. The van der Waals surface area contributed by atoms with Crippen LogP contribution in [0.25, 0.3) is 0 Å². The maximum atomic E-state index is 11.0. The maximum absolute atomic E-state index is 11.0. The number of carbonyl (C=O) groups is 1. The average Bonchev–Trinajstić information content (AvgIpc) is 2.87. The number of hydrogen-bond donors (Lipinski definition) is 2. The number of hydrogen-bond acceptors (Lipinski definition) is 5. The largest absolute Gasteiger partial charge is 0.476 e. The van der Waals surface area contributed by atoms with Crippen LogP contribution in [0.1, 0.15) is 41.6 Å². The molecule has 0 aromatic carbocycles. The monoisotopic (exact) mass is 286 g/mol. The highest BCUT2D eigenvalue weighted by Crippen LogP contribution is 2.33. The van der Waals surface area contributed by atoms with Crippen molar-refractivity contribution in [2.45, 2.75) is 44.4 Å². The van der Waals surface area contributed by atoms with E-state index in [-0.39, 0.29) is 5.69 Å². The molecule has 0 radical (unpaired) electrons. The van der Waals surface area contributed by atoms with Gasteiger partial charge in [0.2, 0.25) is 0 Å². The Kier molecular flexibility index (Phi) is 4.50. The van der Waals surface area contributed by atoms with Crippen molar-refractivity contribution in [1.82, 2.24) is 4.98 Å². The summed E-state index contributed by atoms with van der Waals surface area (Å²) in [5.41, 5.74) is 0.181. The Balaban J connectivity index is 2.04. The molecule has 1 fully saturated rings. The summed E-state index contributed by atoms with van der Waals surface area (Å²) in [7, 11) is 0. The van der Waals surface area contributed by atoms with Crippen LogP contribution in [0.3, 0.4) is 0 Å². The molecule has 0 saturated heterocycles. The fourth-order valence-corrected chi connectivity index (χ4v) is 4.38. The third-order valence-electron chi connectivity index (χ3n) is 3.14. The molecule has 100 valence electrons. The summed E-state index contributed by atoms with van der Waals surface area (Å²) in [6.45, 7) is 3.98. The third kappa shape index (κ3) is 2.98. The minimum Gasteiger partial charge on any atom is -0.476 e. The summed E-state index contributed by atoms with van der Waals surface area (Å²) in [6.07, 6.45) is 3.64. The second-order valence-electron chi connectivity index (χ2n) is 4.40. The lowest BCUT2D eigenvalue weighted by atomic mass is 10.2. The molecule has 1 aromatic heterocycles. The number of thiazole rings is 1. The Hall–Kier alpha value is -0.750. The SMILES string of the molecule is CCSC1CCCC1Nc1nc(C(=O)O)c(C)s1. The normalized spacial score (nSPS) is 23.2. The van der Waals surface area contributed by atoms with Gasteiger partial charge < -0.3 is 10.4 Å². The lowest BCUT2D eigenvalue weighted by Gasteiger charge is -2.19. The predicted molar refractivity (Wildman–Crippen MR) is 77.0 cm³/mol. The zero-order chi connectivity index (χ0) is 13.1. The summed E-state index contributed by atoms with van der Waals surface area (Å²) in [6, 6.07) is 0.433. The summed E-state index contributed by atoms with van der Waals surface area (Å²) < 4.78 is 0. The van der Waals surface area contributed by atoms with Crippen LogP contribution in [-0.2, 0) is 0 Å². The van der Waals surface area contributed by atoms with Crippen molar-refractivity contribution >= 4 is 34.2 Å². The first-order valence-corrected chi connectivity index (χ1v) is 8.07. The van der Waals surface area contributed by atoms with Crippen LogP contribution in [0.5, 0.6) is 0 Å².